The van der Waals surface area contributed by atoms with Crippen molar-refractivity contribution in [3.63, 3.8) is 0 Å². The minimum atomic E-state index is -4.52. The molecule has 5 nitrogen and oxygen atoms in total. The summed E-state index contributed by atoms with van der Waals surface area (Å²) in [6.07, 6.45) is -4.52. The highest BCUT2D eigenvalue weighted by atomic mass is 19.4. The number of hydrogen-bond donors (Lipinski definition) is 1. The molecular weight excluding hydrogens is 339 g/mol. The fourth-order valence-corrected chi connectivity index (χ4v) is 2.32. The van der Waals surface area contributed by atoms with Crippen LogP contribution in [0.4, 0.5) is 18.9 Å². The molecule has 3 rings (SSSR count). The molecule has 2 aromatic carbocycles. The van der Waals surface area contributed by atoms with Crippen LogP contribution in [0.2, 0.25) is 0 Å². The van der Waals surface area contributed by atoms with Crippen molar-refractivity contribution in [2.24, 2.45) is 0 Å². The fraction of sp³-hybridized carbons (Fsp3) is 0.235. The molecule has 1 heterocycles. The van der Waals surface area contributed by atoms with Gasteiger partial charge in [-0.25, -0.2) is 0 Å². The molecule has 8 heteroatoms. The van der Waals surface area contributed by atoms with Crippen LogP contribution in [0.15, 0.2) is 36.4 Å². The van der Waals surface area contributed by atoms with Gasteiger partial charge in [0.1, 0.15) is 5.75 Å². The summed E-state index contributed by atoms with van der Waals surface area (Å²) in [7, 11) is 0. The van der Waals surface area contributed by atoms with Gasteiger partial charge in [0.25, 0.3) is 5.91 Å². The largest absolute Gasteiger partial charge is 0.492 e. The van der Waals surface area contributed by atoms with E-state index >= 15 is 0 Å². The molecule has 1 amide bonds. The Morgan fingerprint density at radius 2 is 1.92 bits per heavy atom. The van der Waals surface area contributed by atoms with E-state index < -0.39 is 17.6 Å². The van der Waals surface area contributed by atoms with Crippen LogP contribution in [0.5, 0.6) is 17.2 Å². The minimum Gasteiger partial charge on any atom is -0.492 e. The Bertz CT molecular complexity index is 805. The number of alkyl halides is 3. The Balaban J connectivity index is 1.88. The SMILES string of the molecule is CCOc1ccc(C(F)(F)F)cc1NC(=O)c1ccc2c(c1)OCO2. The lowest BCUT2D eigenvalue weighted by Crippen LogP contribution is -2.14. The minimum absolute atomic E-state index is 0.0562. The number of carbonyl (C=O) groups is 1. The summed E-state index contributed by atoms with van der Waals surface area (Å²) in [4.78, 5) is 12.4. The van der Waals surface area contributed by atoms with Crippen LogP contribution in [0, 0.1) is 0 Å². The van der Waals surface area contributed by atoms with Crippen LogP contribution in [-0.2, 0) is 6.18 Å². The first kappa shape index (κ1) is 16.9. The van der Waals surface area contributed by atoms with Gasteiger partial charge in [-0.3, -0.25) is 4.79 Å². The van der Waals surface area contributed by atoms with E-state index in [1.165, 1.54) is 18.2 Å². The van der Waals surface area contributed by atoms with Crippen molar-refractivity contribution in [2.45, 2.75) is 13.1 Å². The van der Waals surface area contributed by atoms with Gasteiger partial charge in [0.15, 0.2) is 11.5 Å². The summed E-state index contributed by atoms with van der Waals surface area (Å²) in [5.41, 5.74) is -0.708. The van der Waals surface area contributed by atoms with Gasteiger partial charge in [0, 0.05) is 5.56 Å². The molecule has 0 aliphatic carbocycles. The lowest BCUT2D eigenvalue weighted by atomic mass is 10.1. The molecular formula is C17H14F3NO4. The van der Waals surface area contributed by atoms with Crippen molar-refractivity contribution >= 4 is 11.6 Å². The van der Waals surface area contributed by atoms with Crippen LogP contribution < -0.4 is 19.5 Å². The first-order valence-electron chi connectivity index (χ1n) is 7.43. The molecule has 0 unspecified atom stereocenters. The zero-order valence-electron chi connectivity index (χ0n) is 13.1. The van der Waals surface area contributed by atoms with Crippen molar-refractivity contribution in [2.75, 3.05) is 18.7 Å². The molecule has 25 heavy (non-hydrogen) atoms. The molecule has 0 saturated heterocycles. The molecule has 1 N–H and O–H groups in total. The van der Waals surface area contributed by atoms with E-state index in [0.29, 0.717) is 11.5 Å². The van der Waals surface area contributed by atoms with E-state index in [1.54, 1.807) is 13.0 Å². The molecule has 1 aliphatic rings. The third-order valence-corrected chi connectivity index (χ3v) is 3.49. The molecule has 0 radical (unpaired) electrons. The standard InChI is InChI=1S/C17H14F3NO4/c1-2-23-13-6-4-11(17(18,19)20)8-12(13)21-16(22)10-3-5-14-15(7-10)25-9-24-14/h3-8H,2,9H2,1H3,(H,21,22). The van der Waals surface area contributed by atoms with Crippen molar-refractivity contribution in [3.05, 3.63) is 47.5 Å². The molecule has 132 valence electrons. The third-order valence-electron chi connectivity index (χ3n) is 3.49. The maximum Gasteiger partial charge on any atom is 0.416 e. The Morgan fingerprint density at radius 1 is 1.16 bits per heavy atom. The van der Waals surface area contributed by atoms with E-state index in [-0.39, 0.29) is 30.4 Å². The van der Waals surface area contributed by atoms with Crippen molar-refractivity contribution in [1.29, 1.82) is 0 Å². The zero-order chi connectivity index (χ0) is 18.0. The Hall–Kier alpha value is -2.90. The molecule has 0 aromatic heterocycles. The van der Waals surface area contributed by atoms with Crippen LogP contribution >= 0.6 is 0 Å². The summed E-state index contributed by atoms with van der Waals surface area (Å²) in [6, 6.07) is 7.45. The van der Waals surface area contributed by atoms with Gasteiger partial charge in [0.05, 0.1) is 17.9 Å². The number of anilines is 1. The monoisotopic (exact) mass is 353 g/mol. The number of nitrogens with one attached hydrogen (secondary N) is 1. The van der Waals surface area contributed by atoms with E-state index in [9.17, 15) is 18.0 Å². The topological polar surface area (TPSA) is 56.8 Å². The van der Waals surface area contributed by atoms with Crippen LogP contribution in [0.1, 0.15) is 22.8 Å². The van der Waals surface area contributed by atoms with E-state index in [0.717, 1.165) is 12.1 Å². The van der Waals surface area contributed by atoms with Crippen LogP contribution in [-0.4, -0.2) is 19.3 Å². The van der Waals surface area contributed by atoms with E-state index in [1.807, 2.05) is 0 Å². The zero-order valence-corrected chi connectivity index (χ0v) is 13.1. The Morgan fingerprint density at radius 3 is 2.64 bits per heavy atom. The smallest absolute Gasteiger partial charge is 0.416 e. The highest BCUT2D eigenvalue weighted by Crippen LogP contribution is 2.36. The predicted molar refractivity (Wildman–Crippen MR) is 83.1 cm³/mol. The van der Waals surface area contributed by atoms with Gasteiger partial charge >= 0.3 is 6.18 Å². The lowest BCUT2D eigenvalue weighted by molar-refractivity contribution is -0.137. The second kappa shape index (κ2) is 6.54. The third kappa shape index (κ3) is 3.62. The number of halogens is 3. The van der Waals surface area contributed by atoms with E-state index in [4.69, 9.17) is 14.2 Å². The average molecular weight is 353 g/mol. The maximum absolute atomic E-state index is 12.9. The molecule has 2 aromatic rings. The number of fused-ring (bicyclic) bond motifs is 1. The van der Waals surface area contributed by atoms with Gasteiger partial charge in [-0.1, -0.05) is 0 Å². The summed E-state index contributed by atoms with van der Waals surface area (Å²) >= 11 is 0. The lowest BCUT2D eigenvalue weighted by Gasteiger charge is -2.15. The Labute approximate surface area is 141 Å². The number of carbonyl (C=O) groups excluding carboxylic acids is 1. The maximum atomic E-state index is 12.9. The number of ether oxygens (including phenoxy) is 3. The van der Waals surface area contributed by atoms with Gasteiger partial charge in [-0.2, -0.15) is 13.2 Å². The number of hydrogen-bond acceptors (Lipinski definition) is 4. The number of rotatable bonds is 4. The van der Waals surface area contributed by atoms with Gasteiger partial charge in [0.2, 0.25) is 6.79 Å². The molecule has 0 spiro atoms. The molecule has 0 bridgehead atoms. The normalized spacial score (nSPS) is 12.8. The Kier molecular flexibility index (Phi) is 4.43. The first-order chi connectivity index (χ1) is 11.9. The second-order valence-electron chi connectivity index (χ2n) is 5.16. The van der Waals surface area contributed by atoms with E-state index in [2.05, 4.69) is 5.32 Å². The molecule has 0 saturated carbocycles. The van der Waals surface area contributed by atoms with Gasteiger partial charge in [-0.05, 0) is 43.3 Å². The number of benzene rings is 2. The predicted octanol–water partition coefficient (Wildman–Crippen LogP) is 4.09. The summed E-state index contributed by atoms with van der Waals surface area (Å²) < 4.78 is 54.4. The van der Waals surface area contributed by atoms with Crippen LogP contribution in [0.25, 0.3) is 0 Å². The van der Waals surface area contributed by atoms with Crippen molar-refractivity contribution in [3.8, 4) is 17.2 Å². The van der Waals surface area contributed by atoms with Crippen LogP contribution in [0.3, 0.4) is 0 Å². The quantitative estimate of drug-likeness (QED) is 0.900. The van der Waals surface area contributed by atoms with Gasteiger partial charge < -0.3 is 19.5 Å². The first-order valence-corrected chi connectivity index (χ1v) is 7.43. The summed E-state index contributed by atoms with van der Waals surface area (Å²) in [5.74, 6) is 0.482. The molecule has 0 atom stereocenters. The summed E-state index contributed by atoms with van der Waals surface area (Å²) in [6.45, 7) is 2.00. The summed E-state index contributed by atoms with van der Waals surface area (Å²) in [5, 5.41) is 2.46. The highest BCUT2D eigenvalue weighted by Gasteiger charge is 2.31. The fourth-order valence-electron chi connectivity index (χ4n) is 2.32. The average Bonchev–Trinajstić information content (AvgIpc) is 3.03. The van der Waals surface area contributed by atoms with Crippen molar-refractivity contribution < 1.29 is 32.2 Å². The highest BCUT2D eigenvalue weighted by molar-refractivity contribution is 6.05. The van der Waals surface area contributed by atoms with Crippen molar-refractivity contribution in [1.82, 2.24) is 0 Å². The second-order valence-corrected chi connectivity index (χ2v) is 5.16. The number of amides is 1. The molecule has 0 fully saturated rings. The molecule has 1 aliphatic heterocycles. The van der Waals surface area contributed by atoms with Gasteiger partial charge in [-0.15, -0.1) is 0 Å².